The predicted molar refractivity (Wildman–Crippen MR) is 86.2 cm³/mol. The second-order valence-electron chi connectivity index (χ2n) is 3.63. The molecule has 0 nitrogen and oxygen atoms in total. The molecule has 0 aliphatic rings. The van der Waals surface area contributed by atoms with E-state index in [-0.39, 0.29) is 0 Å². The lowest BCUT2D eigenvalue weighted by molar-refractivity contribution is 1.91. The Hall–Kier alpha value is -0.470. The van der Waals surface area contributed by atoms with Gasteiger partial charge in [0.1, 0.15) is 4.62 Å². The first kappa shape index (κ1) is 11.6. The maximum atomic E-state index is 2.29. The third-order valence-corrected chi connectivity index (χ3v) is 7.61. The summed E-state index contributed by atoms with van der Waals surface area (Å²) in [5.41, 5.74) is 0. The molecule has 3 rings (SSSR count). The van der Waals surface area contributed by atoms with Gasteiger partial charge in [0.05, 0.1) is 0 Å². The molecule has 4 heteroatoms. The number of rotatable bonds is 3. The molecule has 0 saturated heterocycles. The molecule has 3 aromatic heterocycles. The molecule has 0 aliphatic heterocycles. The highest BCUT2D eigenvalue weighted by Crippen LogP contribution is 2.38. The molecular weight excluding hydrogens is 283 g/mol. The van der Waals surface area contributed by atoms with Gasteiger partial charge in [-0.15, -0.1) is 22.7 Å². The topological polar surface area (TPSA) is 0 Å². The molecular formula is C13H12PS3+. The maximum Gasteiger partial charge on any atom is 0.141 e. The fourth-order valence-corrected chi connectivity index (χ4v) is 5.51. The van der Waals surface area contributed by atoms with Gasteiger partial charge < -0.3 is 0 Å². The van der Waals surface area contributed by atoms with E-state index in [0.717, 1.165) is 0 Å². The van der Waals surface area contributed by atoms with Gasteiger partial charge in [-0.3, -0.25) is 0 Å². The normalized spacial score (nSPS) is 11.6. The highest BCUT2D eigenvalue weighted by molar-refractivity contribution is 7.56. The highest BCUT2D eigenvalue weighted by Gasteiger charge is 2.09. The molecule has 0 fully saturated rings. The molecule has 0 bridgehead atoms. The van der Waals surface area contributed by atoms with Gasteiger partial charge in [-0.2, -0.15) is 0 Å². The van der Waals surface area contributed by atoms with Gasteiger partial charge >= 0.3 is 0 Å². The first-order chi connectivity index (χ1) is 8.36. The van der Waals surface area contributed by atoms with Crippen molar-refractivity contribution in [2.24, 2.45) is 0 Å². The standard InChI is InChI=1S/C13H11PS3/c1-14-13-7-6-12(17-13)11-5-4-10(16-11)9-3-2-8-15-9/h2-8,14H,1H3/p+1. The Bertz CT molecular complexity index is 604. The summed E-state index contributed by atoms with van der Waals surface area (Å²) in [5, 5.41) is 2.14. The van der Waals surface area contributed by atoms with E-state index < -0.39 is 0 Å². The van der Waals surface area contributed by atoms with Gasteiger partial charge in [-0.05, 0) is 35.7 Å². The van der Waals surface area contributed by atoms with Crippen LogP contribution in [0.4, 0.5) is 0 Å². The van der Waals surface area contributed by atoms with E-state index in [2.05, 4.69) is 48.4 Å². The van der Waals surface area contributed by atoms with Crippen molar-refractivity contribution in [3.05, 3.63) is 41.8 Å². The zero-order valence-electron chi connectivity index (χ0n) is 9.34. The Morgan fingerprint density at radius 3 is 2.18 bits per heavy atom. The number of thiophene rings is 3. The maximum absolute atomic E-state index is 2.29. The third-order valence-electron chi connectivity index (χ3n) is 2.52. The fraction of sp³-hybridized carbons (Fsp3) is 0.0769. The molecule has 1 atom stereocenters. The molecule has 17 heavy (non-hydrogen) atoms. The molecule has 3 heterocycles. The van der Waals surface area contributed by atoms with Crippen molar-refractivity contribution in [3.8, 4) is 19.5 Å². The molecule has 0 N–H and O–H groups in total. The smallest absolute Gasteiger partial charge is 0.141 e. The van der Waals surface area contributed by atoms with Crippen molar-refractivity contribution in [1.82, 2.24) is 0 Å². The molecule has 1 unspecified atom stereocenters. The van der Waals surface area contributed by atoms with Crippen LogP contribution < -0.4 is 4.62 Å². The summed E-state index contributed by atoms with van der Waals surface area (Å²) in [6, 6.07) is 13.3. The minimum atomic E-state index is 0.451. The van der Waals surface area contributed by atoms with Crippen LogP contribution in [0.15, 0.2) is 41.8 Å². The van der Waals surface area contributed by atoms with Crippen LogP contribution in [0, 0.1) is 0 Å². The van der Waals surface area contributed by atoms with Crippen molar-refractivity contribution in [3.63, 3.8) is 0 Å². The van der Waals surface area contributed by atoms with Crippen molar-refractivity contribution in [2.45, 2.75) is 0 Å². The zero-order chi connectivity index (χ0) is 11.7. The summed E-state index contributed by atoms with van der Waals surface area (Å²) in [4.78, 5) is 5.58. The Morgan fingerprint density at radius 1 is 0.824 bits per heavy atom. The van der Waals surface area contributed by atoms with Crippen LogP contribution >= 0.6 is 42.6 Å². The first-order valence-electron chi connectivity index (χ1n) is 5.40. The Kier molecular flexibility index (Phi) is 3.44. The lowest BCUT2D eigenvalue weighted by atomic mass is 10.3. The predicted octanol–water partition coefficient (Wildman–Crippen LogP) is 4.87. The summed E-state index contributed by atoms with van der Waals surface area (Å²) < 4.78 is 1.55. The van der Waals surface area contributed by atoms with Gasteiger partial charge in [0, 0.05) is 34.8 Å². The largest absolute Gasteiger partial charge is 0.143 e. The van der Waals surface area contributed by atoms with Crippen LogP contribution in [0.25, 0.3) is 19.5 Å². The summed E-state index contributed by atoms with van der Waals surface area (Å²) in [6.45, 7) is 2.29. The van der Waals surface area contributed by atoms with Crippen LogP contribution in [-0.2, 0) is 0 Å². The molecule has 0 radical (unpaired) electrons. The minimum absolute atomic E-state index is 0.451. The second kappa shape index (κ2) is 5.03. The monoisotopic (exact) mass is 295 g/mol. The number of hydrogen-bond donors (Lipinski definition) is 0. The van der Waals surface area contributed by atoms with E-state index in [9.17, 15) is 0 Å². The zero-order valence-corrected chi connectivity index (χ0v) is 12.9. The summed E-state index contributed by atoms with van der Waals surface area (Å²) in [5.74, 6) is 0. The lowest BCUT2D eigenvalue weighted by Crippen LogP contribution is -1.77. The highest BCUT2D eigenvalue weighted by atomic mass is 32.1. The minimum Gasteiger partial charge on any atom is -0.143 e. The van der Waals surface area contributed by atoms with Crippen LogP contribution in [-0.4, -0.2) is 6.66 Å². The molecule has 86 valence electrons. The average Bonchev–Trinajstić information content (AvgIpc) is 3.09. The quantitative estimate of drug-likeness (QED) is 0.605. The van der Waals surface area contributed by atoms with Gasteiger partial charge in [0.15, 0.2) is 0 Å². The van der Waals surface area contributed by atoms with Gasteiger partial charge in [-0.25, -0.2) is 0 Å². The molecule has 0 spiro atoms. The molecule has 0 amide bonds. The SMILES string of the molecule is C[PH2+]c1ccc(-c2ccc(-c3cccs3)s2)s1. The third kappa shape index (κ3) is 2.38. The second-order valence-corrected chi connectivity index (χ2v) is 8.40. The van der Waals surface area contributed by atoms with E-state index in [1.807, 2.05) is 34.0 Å². The molecule has 0 aromatic carbocycles. The van der Waals surface area contributed by atoms with Gasteiger partial charge in [0.25, 0.3) is 0 Å². The lowest BCUT2D eigenvalue weighted by Gasteiger charge is -1.89. The summed E-state index contributed by atoms with van der Waals surface area (Å²) >= 11 is 5.66. The van der Waals surface area contributed by atoms with E-state index in [0.29, 0.717) is 8.58 Å². The first-order valence-corrected chi connectivity index (χ1v) is 9.64. The van der Waals surface area contributed by atoms with Crippen LogP contribution in [0.5, 0.6) is 0 Å². The molecule has 3 aromatic rings. The van der Waals surface area contributed by atoms with Gasteiger partial charge in [0.2, 0.25) is 0 Å². The Balaban J connectivity index is 1.94. The van der Waals surface area contributed by atoms with E-state index in [1.165, 1.54) is 19.5 Å². The van der Waals surface area contributed by atoms with Crippen LogP contribution in [0.1, 0.15) is 0 Å². The van der Waals surface area contributed by atoms with Gasteiger partial charge in [-0.1, -0.05) is 17.4 Å². The molecule has 0 aliphatic carbocycles. The van der Waals surface area contributed by atoms with Crippen LogP contribution in [0.3, 0.4) is 0 Å². The fourth-order valence-electron chi connectivity index (χ4n) is 1.66. The summed E-state index contributed by atoms with van der Waals surface area (Å²) in [7, 11) is 0.451. The van der Waals surface area contributed by atoms with Crippen molar-refractivity contribution in [1.29, 1.82) is 0 Å². The van der Waals surface area contributed by atoms with Crippen molar-refractivity contribution >= 4 is 47.2 Å². The van der Waals surface area contributed by atoms with Crippen molar-refractivity contribution < 1.29 is 0 Å². The number of hydrogen-bond acceptors (Lipinski definition) is 3. The van der Waals surface area contributed by atoms with E-state index in [1.54, 1.807) is 4.62 Å². The Labute approximate surface area is 115 Å². The van der Waals surface area contributed by atoms with Crippen LogP contribution in [0.2, 0.25) is 0 Å². The van der Waals surface area contributed by atoms with E-state index in [4.69, 9.17) is 0 Å². The Morgan fingerprint density at radius 2 is 1.53 bits per heavy atom. The van der Waals surface area contributed by atoms with E-state index >= 15 is 0 Å². The summed E-state index contributed by atoms with van der Waals surface area (Å²) in [6.07, 6.45) is 0. The average molecular weight is 295 g/mol. The molecule has 0 saturated carbocycles. The van der Waals surface area contributed by atoms with Crippen molar-refractivity contribution in [2.75, 3.05) is 6.66 Å².